The maximum Gasteiger partial charge on any atom is 0.271 e. The summed E-state index contributed by atoms with van der Waals surface area (Å²) >= 11 is 0. The van der Waals surface area contributed by atoms with Gasteiger partial charge in [0.1, 0.15) is 40.1 Å². The Morgan fingerprint density at radius 3 is 2.43 bits per heavy atom. The van der Waals surface area contributed by atoms with E-state index in [2.05, 4.69) is 10.3 Å². The van der Waals surface area contributed by atoms with Gasteiger partial charge >= 0.3 is 0 Å². The van der Waals surface area contributed by atoms with Crippen LogP contribution in [0.15, 0.2) is 77.9 Å². The number of nitrogens with two attached hydrogens (primary N) is 1. The van der Waals surface area contributed by atoms with Gasteiger partial charge in [0.05, 0.1) is 12.3 Å². The molecule has 2 amide bonds. The largest absolute Gasteiger partial charge is 0.493 e. The lowest BCUT2D eigenvalue weighted by atomic mass is 10.2. The molecule has 0 atom stereocenters. The molecule has 0 radical (unpaired) electrons. The molecule has 0 fully saturated rings. The fourth-order valence-corrected chi connectivity index (χ4v) is 3.40. The third-order valence-electron chi connectivity index (χ3n) is 5.09. The van der Waals surface area contributed by atoms with Crippen LogP contribution in [-0.4, -0.2) is 28.0 Å². The van der Waals surface area contributed by atoms with E-state index in [-0.39, 0.29) is 40.8 Å². The van der Waals surface area contributed by atoms with Gasteiger partial charge in [-0.05, 0) is 55.5 Å². The van der Waals surface area contributed by atoms with Gasteiger partial charge in [0, 0.05) is 30.2 Å². The van der Waals surface area contributed by atoms with Crippen LogP contribution in [0, 0.1) is 11.6 Å². The van der Waals surface area contributed by atoms with Crippen LogP contribution < -0.4 is 26.1 Å². The summed E-state index contributed by atoms with van der Waals surface area (Å²) in [5.41, 5.74) is 4.18. The molecule has 2 heterocycles. The van der Waals surface area contributed by atoms with E-state index >= 15 is 0 Å². The number of benzene rings is 2. The van der Waals surface area contributed by atoms with Gasteiger partial charge in [0.25, 0.3) is 17.4 Å². The summed E-state index contributed by atoms with van der Waals surface area (Å²) in [6, 6.07) is 12.9. The highest BCUT2D eigenvalue weighted by Crippen LogP contribution is 2.27. The third-order valence-corrected chi connectivity index (χ3v) is 5.09. The number of hydrogen-bond acceptors (Lipinski definition) is 6. The van der Waals surface area contributed by atoms with Crippen LogP contribution in [0.4, 0.5) is 14.5 Å². The molecule has 0 unspecified atom stereocenters. The van der Waals surface area contributed by atoms with E-state index < -0.39 is 29.0 Å². The zero-order valence-corrected chi connectivity index (χ0v) is 19.4. The standard InChI is InChI=1S/C26H20F2N4O5/c1-2-36-22-10-12-32(16-5-3-15(27)4-6-16)26(35)23(22)25(34)31-20-8-7-17(13-19(20)28)37-18-9-11-30-21(14-18)24(29)33/h3-14H,2H2,1H3,(H2,29,33)(H,31,34). The van der Waals surface area contributed by atoms with E-state index in [1.165, 1.54) is 67.0 Å². The Morgan fingerprint density at radius 2 is 1.76 bits per heavy atom. The van der Waals surface area contributed by atoms with Crippen molar-refractivity contribution in [3.05, 3.63) is 106 Å². The quantitative estimate of drug-likeness (QED) is 0.371. The first-order valence-corrected chi connectivity index (χ1v) is 11.0. The van der Waals surface area contributed by atoms with Crippen LogP contribution in [0.3, 0.4) is 0 Å². The second-order valence-electron chi connectivity index (χ2n) is 7.58. The first-order chi connectivity index (χ1) is 17.8. The number of halogens is 2. The number of primary amides is 1. The van der Waals surface area contributed by atoms with E-state index in [1.807, 2.05) is 0 Å². The van der Waals surface area contributed by atoms with E-state index in [9.17, 15) is 23.2 Å². The van der Waals surface area contributed by atoms with Gasteiger partial charge in [-0.15, -0.1) is 0 Å². The van der Waals surface area contributed by atoms with Crippen molar-refractivity contribution in [1.29, 1.82) is 0 Å². The molecule has 3 N–H and O–H groups in total. The van der Waals surface area contributed by atoms with Crippen LogP contribution in [-0.2, 0) is 0 Å². The number of aromatic nitrogens is 2. The smallest absolute Gasteiger partial charge is 0.271 e. The number of nitrogens with one attached hydrogen (secondary N) is 1. The minimum absolute atomic E-state index is 0.00617. The number of anilines is 1. The Kier molecular flexibility index (Phi) is 7.23. The minimum atomic E-state index is -0.905. The topological polar surface area (TPSA) is 126 Å². The number of hydrogen-bond donors (Lipinski definition) is 2. The summed E-state index contributed by atoms with van der Waals surface area (Å²) in [7, 11) is 0. The van der Waals surface area contributed by atoms with Crippen molar-refractivity contribution < 1.29 is 27.8 Å². The lowest BCUT2D eigenvalue weighted by Crippen LogP contribution is -2.29. The van der Waals surface area contributed by atoms with Gasteiger partial charge < -0.3 is 20.5 Å². The zero-order valence-electron chi connectivity index (χ0n) is 19.4. The Morgan fingerprint density at radius 1 is 1.03 bits per heavy atom. The van der Waals surface area contributed by atoms with Crippen molar-refractivity contribution in [2.45, 2.75) is 6.92 Å². The number of pyridine rings is 2. The molecule has 2 aromatic carbocycles. The molecule has 9 nitrogen and oxygen atoms in total. The summed E-state index contributed by atoms with van der Waals surface area (Å²) in [6.07, 6.45) is 2.71. The van der Waals surface area contributed by atoms with Crippen molar-refractivity contribution in [2.24, 2.45) is 5.73 Å². The molecule has 2 aromatic heterocycles. The SMILES string of the molecule is CCOc1ccn(-c2ccc(F)cc2)c(=O)c1C(=O)Nc1ccc(Oc2ccnc(C(N)=O)c2)cc1F. The molecule has 37 heavy (non-hydrogen) atoms. The lowest BCUT2D eigenvalue weighted by molar-refractivity contribution is 0.0992. The van der Waals surface area contributed by atoms with Gasteiger partial charge in [0.15, 0.2) is 0 Å². The van der Waals surface area contributed by atoms with Crippen molar-refractivity contribution in [2.75, 3.05) is 11.9 Å². The van der Waals surface area contributed by atoms with Crippen molar-refractivity contribution in [1.82, 2.24) is 9.55 Å². The molecular formula is C26H20F2N4O5. The van der Waals surface area contributed by atoms with E-state index in [0.29, 0.717) is 5.69 Å². The molecule has 0 spiro atoms. The molecule has 0 aliphatic carbocycles. The second-order valence-corrected chi connectivity index (χ2v) is 7.58. The van der Waals surface area contributed by atoms with Crippen LogP contribution in [0.2, 0.25) is 0 Å². The predicted octanol–water partition coefficient (Wildman–Crippen LogP) is 4.05. The monoisotopic (exact) mass is 506 g/mol. The van der Waals surface area contributed by atoms with Crippen molar-refractivity contribution in [3.63, 3.8) is 0 Å². The maximum atomic E-state index is 14.8. The summed E-state index contributed by atoms with van der Waals surface area (Å²) in [6.45, 7) is 1.86. The number of carbonyl (C=O) groups is 2. The third kappa shape index (κ3) is 5.61. The van der Waals surface area contributed by atoms with Gasteiger partial charge in [-0.3, -0.25) is 23.9 Å². The zero-order chi connectivity index (χ0) is 26.5. The van der Waals surface area contributed by atoms with Crippen molar-refractivity contribution >= 4 is 17.5 Å². The normalized spacial score (nSPS) is 10.6. The Bertz CT molecular complexity index is 1540. The van der Waals surface area contributed by atoms with Crippen LogP contribution in [0.5, 0.6) is 17.2 Å². The van der Waals surface area contributed by atoms with E-state index in [4.69, 9.17) is 15.2 Å². The Balaban J connectivity index is 1.61. The molecule has 0 saturated carbocycles. The highest BCUT2D eigenvalue weighted by atomic mass is 19.1. The number of amides is 2. The Labute approximate surface area is 209 Å². The highest BCUT2D eigenvalue weighted by Gasteiger charge is 2.21. The molecule has 0 aliphatic rings. The summed E-state index contributed by atoms with van der Waals surface area (Å²) in [5.74, 6) is -2.70. The molecule has 188 valence electrons. The molecule has 0 aliphatic heterocycles. The molecule has 0 bridgehead atoms. The first kappa shape index (κ1) is 25.0. The van der Waals surface area contributed by atoms with Crippen LogP contribution in [0.25, 0.3) is 5.69 Å². The van der Waals surface area contributed by atoms with Gasteiger partial charge in [-0.25, -0.2) is 8.78 Å². The molecule has 11 heteroatoms. The van der Waals surface area contributed by atoms with E-state index in [0.717, 1.165) is 10.6 Å². The molecule has 4 rings (SSSR count). The highest BCUT2D eigenvalue weighted by molar-refractivity contribution is 6.06. The average molecular weight is 506 g/mol. The van der Waals surface area contributed by atoms with Gasteiger partial charge in [0.2, 0.25) is 0 Å². The number of carbonyl (C=O) groups excluding carboxylic acids is 2. The summed E-state index contributed by atoms with van der Waals surface area (Å²) in [4.78, 5) is 41.3. The minimum Gasteiger partial charge on any atom is -0.493 e. The second kappa shape index (κ2) is 10.7. The number of ether oxygens (including phenoxy) is 2. The van der Waals surface area contributed by atoms with Gasteiger partial charge in [-0.1, -0.05) is 0 Å². The maximum absolute atomic E-state index is 14.8. The van der Waals surface area contributed by atoms with Crippen LogP contribution >= 0.6 is 0 Å². The fourth-order valence-electron chi connectivity index (χ4n) is 3.40. The molecule has 0 saturated heterocycles. The molecular weight excluding hydrogens is 486 g/mol. The van der Waals surface area contributed by atoms with E-state index in [1.54, 1.807) is 6.92 Å². The Hall–Kier alpha value is -5.06. The number of nitrogens with zero attached hydrogens (tertiary/aromatic N) is 2. The average Bonchev–Trinajstić information content (AvgIpc) is 2.87. The van der Waals surface area contributed by atoms with Gasteiger partial charge in [-0.2, -0.15) is 0 Å². The predicted molar refractivity (Wildman–Crippen MR) is 130 cm³/mol. The fraction of sp³-hybridized carbons (Fsp3) is 0.0769. The molecule has 4 aromatic rings. The summed E-state index contributed by atoms with van der Waals surface area (Å²) < 4.78 is 40.3. The summed E-state index contributed by atoms with van der Waals surface area (Å²) in [5, 5.41) is 2.38. The van der Waals surface area contributed by atoms with Crippen LogP contribution in [0.1, 0.15) is 27.8 Å². The number of rotatable bonds is 8. The lowest BCUT2D eigenvalue weighted by Gasteiger charge is -2.14. The van der Waals surface area contributed by atoms with Crippen molar-refractivity contribution in [3.8, 4) is 22.9 Å². The first-order valence-electron chi connectivity index (χ1n) is 11.0.